The van der Waals surface area contributed by atoms with Gasteiger partial charge in [-0.25, -0.2) is 18.8 Å². The standard InChI is InChI=1S/C27H35FN4O8/c1-13-12-38-22-19-14(21(33)15(23(34)35)9-32(13)19)8-16(28)20(22)31-10-17(29-24(36)39-26(2,3)4)18(11-31)30-25(37)40-27(5,6)7/h8-9,13,17-18H,10-12H2,1-7H3,(H,29,36)(H,30,37)(H,34,35)/t13?,17-,18-/m1/s1. The predicted molar refractivity (Wildman–Crippen MR) is 144 cm³/mol. The van der Waals surface area contributed by atoms with Crippen molar-refractivity contribution in [3.05, 3.63) is 33.9 Å². The second-order valence-corrected chi connectivity index (χ2v) is 12.1. The molecule has 0 radical (unpaired) electrons. The Bertz CT molecular complexity index is 1390. The van der Waals surface area contributed by atoms with E-state index in [1.165, 1.54) is 6.20 Å². The summed E-state index contributed by atoms with van der Waals surface area (Å²) in [6.07, 6.45) is -0.179. The van der Waals surface area contributed by atoms with E-state index in [0.29, 0.717) is 0 Å². The third-order valence-corrected chi connectivity index (χ3v) is 6.41. The van der Waals surface area contributed by atoms with Gasteiger partial charge in [-0.05, 0) is 54.5 Å². The van der Waals surface area contributed by atoms with Crippen LogP contribution in [0.1, 0.15) is 64.9 Å². The number of anilines is 1. The van der Waals surface area contributed by atoms with Crippen LogP contribution in [-0.2, 0) is 9.47 Å². The molecule has 0 bridgehead atoms. The summed E-state index contributed by atoms with van der Waals surface area (Å²) in [4.78, 5) is 51.5. The Morgan fingerprint density at radius 1 is 1.02 bits per heavy atom. The number of hydrogen-bond acceptors (Lipinski definition) is 8. The number of rotatable bonds is 4. The van der Waals surface area contributed by atoms with Crippen LogP contribution in [-0.4, -0.2) is 70.8 Å². The molecular formula is C27H35FN4O8. The minimum atomic E-state index is -1.41. The summed E-state index contributed by atoms with van der Waals surface area (Å²) in [7, 11) is 0. The highest BCUT2D eigenvalue weighted by Gasteiger charge is 2.40. The number of carboxylic acid groups (broad SMARTS) is 1. The maximum absolute atomic E-state index is 15.8. The predicted octanol–water partition coefficient (Wildman–Crippen LogP) is 3.40. The molecule has 2 aliphatic rings. The Kier molecular flexibility index (Phi) is 7.37. The van der Waals surface area contributed by atoms with Gasteiger partial charge in [0.1, 0.15) is 29.1 Å². The monoisotopic (exact) mass is 562 g/mol. The van der Waals surface area contributed by atoms with Crippen LogP contribution in [0.5, 0.6) is 5.75 Å². The van der Waals surface area contributed by atoms with Crippen LogP contribution < -0.4 is 25.7 Å². The van der Waals surface area contributed by atoms with Crippen LogP contribution in [0.3, 0.4) is 0 Å². The van der Waals surface area contributed by atoms with Crippen LogP contribution >= 0.6 is 0 Å². The molecule has 2 aliphatic heterocycles. The topological polar surface area (TPSA) is 148 Å². The lowest BCUT2D eigenvalue weighted by Crippen LogP contribution is -2.52. The average molecular weight is 563 g/mol. The van der Waals surface area contributed by atoms with E-state index >= 15 is 4.39 Å². The maximum Gasteiger partial charge on any atom is 0.408 e. The molecule has 0 aliphatic carbocycles. The minimum Gasteiger partial charge on any atom is -0.487 e. The number of halogens is 1. The van der Waals surface area contributed by atoms with Crippen molar-refractivity contribution in [2.45, 2.75) is 77.8 Å². The lowest BCUT2D eigenvalue weighted by molar-refractivity contribution is 0.0447. The van der Waals surface area contributed by atoms with Gasteiger partial charge >= 0.3 is 18.2 Å². The molecule has 1 saturated heterocycles. The third kappa shape index (κ3) is 5.92. The molecule has 3 N–H and O–H groups in total. The molecule has 218 valence electrons. The summed E-state index contributed by atoms with van der Waals surface area (Å²) in [6, 6.07) is -0.729. The SMILES string of the molecule is CC1COc2c(N3C[C@@H](NC(=O)OC(C)(C)C)[C@H](NC(=O)OC(C)(C)C)C3)c(F)cc3c(=O)c(C(=O)O)cn1c23. The van der Waals surface area contributed by atoms with Gasteiger partial charge in [-0.15, -0.1) is 0 Å². The van der Waals surface area contributed by atoms with Crippen LogP contribution in [0.2, 0.25) is 0 Å². The zero-order valence-electron chi connectivity index (χ0n) is 23.6. The normalized spacial score (nSPS) is 20.6. The Balaban J connectivity index is 1.75. The highest BCUT2D eigenvalue weighted by Crippen LogP contribution is 2.42. The largest absolute Gasteiger partial charge is 0.487 e. The van der Waals surface area contributed by atoms with Crippen molar-refractivity contribution < 1.29 is 38.1 Å². The van der Waals surface area contributed by atoms with Crippen molar-refractivity contribution in [3.8, 4) is 5.75 Å². The fraction of sp³-hybridized carbons (Fsp3) is 0.556. The van der Waals surface area contributed by atoms with Crippen molar-refractivity contribution in [1.29, 1.82) is 0 Å². The number of nitrogens with one attached hydrogen (secondary N) is 2. The Hall–Kier alpha value is -4.03. The highest BCUT2D eigenvalue weighted by atomic mass is 19.1. The third-order valence-electron chi connectivity index (χ3n) is 6.41. The van der Waals surface area contributed by atoms with Crippen molar-refractivity contribution in [1.82, 2.24) is 15.2 Å². The molecule has 13 heteroatoms. The zero-order chi connectivity index (χ0) is 29.7. The summed E-state index contributed by atoms with van der Waals surface area (Å²) < 4.78 is 34.1. The zero-order valence-corrected chi connectivity index (χ0v) is 23.6. The fourth-order valence-electron chi connectivity index (χ4n) is 4.86. The Labute approximate surface area is 230 Å². The first-order valence-electron chi connectivity index (χ1n) is 13.0. The quantitative estimate of drug-likeness (QED) is 0.510. The number of hydrogen-bond donors (Lipinski definition) is 3. The van der Waals surface area contributed by atoms with E-state index in [1.807, 2.05) is 0 Å². The van der Waals surface area contributed by atoms with Gasteiger partial charge < -0.3 is 39.4 Å². The van der Waals surface area contributed by atoms with E-state index in [2.05, 4.69) is 10.6 Å². The summed E-state index contributed by atoms with van der Waals surface area (Å²) >= 11 is 0. The van der Waals surface area contributed by atoms with Gasteiger partial charge in [0.2, 0.25) is 5.43 Å². The summed E-state index contributed by atoms with van der Waals surface area (Å²) in [6.45, 7) is 12.3. The van der Waals surface area contributed by atoms with Crippen LogP contribution in [0.4, 0.5) is 19.7 Å². The number of aromatic nitrogens is 1. The molecule has 2 amide bonds. The molecule has 1 aromatic carbocycles. The Morgan fingerprint density at radius 2 is 1.55 bits per heavy atom. The lowest BCUT2D eigenvalue weighted by Gasteiger charge is -2.31. The van der Waals surface area contributed by atoms with Crippen molar-refractivity contribution in [2.24, 2.45) is 0 Å². The molecule has 3 atom stereocenters. The number of aromatic carboxylic acids is 1. The van der Waals surface area contributed by atoms with Crippen LogP contribution in [0.25, 0.3) is 10.9 Å². The molecular weight excluding hydrogens is 527 g/mol. The van der Waals surface area contributed by atoms with Gasteiger partial charge in [0.05, 0.1) is 29.0 Å². The number of carboxylic acids is 1. The van der Waals surface area contributed by atoms with Crippen molar-refractivity contribution >= 4 is 34.7 Å². The van der Waals surface area contributed by atoms with Crippen LogP contribution in [0.15, 0.2) is 17.1 Å². The number of carbonyl (C=O) groups excluding carboxylic acids is 2. The highest BCUT2D eigenvalue weighted by molar-refractivity contribution is 5.97. The second-order valence-electron chi connectivity index (χ2n) is 12.1. The van der Waals surface area contributed by atoms with Crippen molar-refractivity contribution in [3.63, 3.8) is 0 Å². The molecule has 3 heterocycles. The molecule has 1 fully saturated rings. The number of nitrogens with zero attached hydrogens (tertiary/aromatic N) is 2. The van der Waals surface area contributed by atoms with Gasteiger partial charge in [-0.2, -0.15) is 0 Å². The van der Waals surface area contributed by atoms with E-state index in [9.17, 15) is 24.3 Å². The van der Waals surface area contributed by atoms with Gasteiger partial charge in [0.25, 0.3) is 0 Å². The summed E-state index contributed by atoms with van der Waals surface area (Å²) in [5, 5.41) is 14.9. The Morgan fingerprint density at radius 3 is 2.02 bits per heavy atom. The first kappa shape index (κ1) is 29.0. The molecule has 12 nitrogen and oxygen atoms in total. The first-order valence-corrected chi connectivity index (χ1v) is 13.0. The maximum atomic E-state index is 15.8. The number of pyridine rings is 1. The summed E-state index contributed by atoms with van der Waals surface area (Å²) in [5.74, 6) is -2.14. The first-order chi connectivity index (χ1) is 18.4. The van der Waals surface area contributed by atoms with Crippen LogP contribution in [0, 0.1) is 5.82 Å². The second kappa shape index (κ2) is 10.2. The molecule has 0 saturated carbocycles. The molecule has 1 unspecified atom stereocenters. The van der Waals surface area contributed by atoms with E-state index < -0.39 is 58.3 Å². The number of benzene rings is 1. The van der Waals surface area contributed by atoms with Gasteiger partial charge in [0.15, 0.2) is 11.6 Å². The number of alkyl carbamates (subject to hydrolysis) is 2. The minimum absolute atomic E-state index is 0.0279. The van der Waals surface area contributed by atoms with Crippen molar-refractivity contribution in [2.75, 3.05) is 24.6 Å². The van der Waals surface area contributed by atoms with E-state index in [4.69, 9.17) is 14.2 Å². The molecule has 4 rings (SSSR count). The number of amides is 2. The van der Waals surface area contributed by atoms with Gasteiger partial charge in [-0.3, -0.25) is 4.79 Å². The smallest absolute Gasteiger partial charge is 0.408 e. The molecule has 1 aromatic heterocycles. The number of carbonyl (C=O) groups is 3. The van der Waals surface area contributed by atoms with E-state index in [0.717, 1.165) is 6.07 Å². The van der Waals surface area contributed by atoms with Gasteiger partial charge in [-0.1, -0.05) is 0 Å². The summed E-state index contributed by atoms with van der Waals surface area (Å²) in [5.41, 5.74) is -2.53. The number of ether oxygens (including phenoxy) is 3. The fourth-order valence-corrected chi connectivity index (χ4v) is 4.86. The molecule has 40 heavy (non-hydrogen) atoms. The lowest BCUT2D eigenvalue weighted by atomic mass is 10.1. The molecule has 0 spiro atoms. The van der Waals surface area contributed by atoms with E-state index in [-0.39, 0.29) is 48.1 Å². The molecule has 2 aromatic rings. The average Bonchev–Trinajstić information content (AvgIpc) is 3.15. The van der Waals surface area contributed by atoms with Gasteiger partial charge in [0, 0.05) is 19.3 Å². The van der Waals surface area contributed by atoms with E-state index in [1.54, 1.807) is 57.9 Å².